The van der Waals surface area contributed by atoms with Crippen molar-refractivity contribution in [3.63, 3.8) is 0 Å². The van der Waals surface area contributed by atoms with E-state index in [4.69, 9.17) is 16.0 Å². The van der Waals surface area contributed by atoms with Gasteiger partial charge in [0, 0.05) is 16.3 Å². The molecule has 1 heterocycles. The van der Waals surface area contributed by atoms with Gasteiger partial charge in [0.2, 0.25) is 5.89 Å². The Morgan fingerprint density at radius 2 is 1.96 bits per heavy atom. The number of aromatic nitrogens is 1. The first-order valence-corrected chi connectivity index (χ1v) is 8.23. The topological polar surface area (TPSA) is 67.2 Å². The van der Waals surface area contributed by atoms with Gasteiger partial charge in [-0.1, -0.05) is 35.9 Å². The summed E-state index contributed by atoms with van der Waals surface area (Å²) in [4.78, 5) is 16.5. The summed E-state index contributed by atoms with van der Waals surface area (Å²) >= 11 is 5.90. The number of anilines is 1. The number of nitrogens with zero attached hydrogens (tertiary/aromatic N) is 1. The fraction of sp³-hybridized carbons (Fsp3) is 0.158. The van der Waals surface area contributed by atoms with E-state index in [1.165, 1.54) is 0 Å². The van der Waals surface area contributed by atoms with Crippen LogP contribution in [0.5, 0.6) is 0 Å². The monoisotopic (exact) mass is 355 g/mol. The number of carbonyl (C=O) groups is 1. The second-order valence-corrected chi connectivity index (χ2v) is 6.09. The minimum Gasteiger partial charge on any atom is -0.441 e. The molecule has 0 atom stereocenters. The highest BCUT2D eigenvalue weighted by Gasteiger charge is 2.13. The highest BCUT2D eigenvalue weighted by atomic mass is 35.5. The lowest BCUT2D eigenvalue weighted by Crippen LogP contribution is -2.28. The number of amides is 2. The van der Waals surface area contributed by atoms with Crippen LogP contribution in [0.4, 0.5) is 10.5 Å². The molecule has 0 unspecified atom stereocenters. The number of hydrogen-bond donors (Lipinski definition) is 2. The van der Waals surface area contributed by atoms with Gasteiger partial charge in [0.15, 0.2) is 0 Å². The third kappa shape index (κ3) is 4.19. The minimum atomic E-state index is -0.331. The Balaban J connectivity index is 1.66. The third-order valence-electron chi connectivity index (χ3n) is 3.77. The Bertz CT molecular complexity index is 905. The van der Waals surface area contributed by atoms with Gasteiger partial charge in [-0.25, -0.2) is 9.78 Å². The summed E-state index contributed by atoms with van der Waals surface area (Å²) in [6.07, 6.45) is 0. The predicted molar refractivity (Wildman–Crippen MR) is 98.7 cm³/mol. The van der Waals surface area contributed by atoms with Crippen molar-refractivity contribution in [1.29, 1.82) is 0 Å². The molecule has 3 aromatic rings. The van der Waals surface area contributed by atoms with E-state index in [-0.39, 0.29) is 12.6 Å². The third-order valence-corrected chi connectivity index (χ3v) is 4.00. The van der Waals surface area contributed by atoms with Gasteiger partial charge >= 0.3 is 6.03 Å². The number of rotatable bonds is 4. The summed E-state index contributed by atoms with van der Waals surface area (Å²) in [7, 11) is 0. The van der Waals surface area contributed by atoms with E-state index in [1.54, 1.807) is 24.3 Å². The van der Waals surface area contributed by atoms with Crippen LogP contribution in [-0.2, 0) is 6.54 Å². The molecule has 0 aliphatic carbocycles. The van der Waals surface area contributed by atoms with Crippen LogP contribution in [0.25, 0.3) is 11.5 Å². The molecule has 0 saturated heterocycles. The fourth-order valence-corrected chi connectivity index (χ4v) is 2.62. The minimum absolute atomic E-state index is 0.271. The van der Waals surface area contributed by atoms with Gasteiger partial charge in [-0.15, -0.1) is 0 Å². The van der Waals surface area contributed by atoms with Crippen molar-refractivity contribution in [2.24, 2.45) is 0 Å². The quantitative estimate of drug-likeness (QED) is 0.697. The lowest BCUT2D eigenvalue weighted by Gasteiger charge is -2.06. The average Bonchev–Trinajstić information content (AvgIpc) is 2.94. The number of benzene rings is 2. The van der Waals surface area contributed by atoms with Crippen molar-refractivity contribution in [2.45, 2.75) is 20.4 Å². The maximum atomic E-state index is 12.0. The number of nitrogens with one attached hydrogen (secondary N) is 2. The molecular formula is C19H18ClN3O2. The van der Waals surface area contributed by atoms with Crippen LogP contribution in [-0.4, -0.2) is 11.0 Å². The van der Waals surface area contributed by atoms with Gasteiger partial charge in [0.1, 0.15) is 11.5 Å². The largest absolute Gasteiger partial charge is 0.441 e. The zero-order chi connectivity index (χ0) is 17.8. The molecule has 0 fully saturated rings. The SMILES string of the molecule is Cc1ccccc1-c1nc(CNC(=O)Nc2cccc(Cl)c2)c(C)o1. The molecule has 128 valence electrons. The van der Waals surface area contributed by atoms with Crippen LogP contribution >= 0.6 is 11.6 Å². The summed E-state index contributed by atoms with van der Waals surface area (Å²) in [6, 6.07) is 14.5. The smallest absolute Gasteiger partial charge is 0.319 e. The highest BCUT2D eigenvalue weighted by Crippen LogP contribution is 2.24. The van der Waals surface area contributed by atoms with Gasteiger partial charge in [0.05, 0.1) is 6.54 Å². The first kappa shape index (κ1) is 17.0. The van der Waals surface area contributed by atoms with Gasteiger partial charge in [-0.3, -0.25) is 0 Å². The number of aryl methyl sites for hydroxylation is 2. The number of urea groups is 1. The fourth-order valence-electron chi connectivity index (χ4n) is 2.43. The molecule has 0 spiro atoms. The summed E-state index contributed by atoms with van der Waals surface area (Å²) in [6.45, 7) is 4.11. The molecule has 0 aliphatic heterocycles. The molecule has 3 rings (SSSR count). The highest BCUT2D eigenvalue weighted by molar-refractivity contribution is 6.30. The molecule has 1 aromatic heterocycles. The lowest BCUT2D eigenvalue weighted by molar-refractivity contribution is 0.251. The molecule has 0 aliphatic rings. The summed E-state index contributed by atoms with van der Waals surface area (Å²) < 4.78 is 5.75. The summed E-state index contributed by atoms with van der Waals surface area (Å²) in [5.41, 5.74) is 3.35. The van der Waals surface area contributed by atoms with Gasteiger partial charge < -0.3 is 15.1 Å². The lowest BCUT2D eigenvalue weighted by atomic mass is 10.1. The first-order chi connectivity index (χ1) is 12.0. The average molecular weight is 356 g/mol. The zero-order valence-corrected chi connectivity index (χ0v) is 14.7. The standard InChI is InChI=1S/C19H18ClN3O2/c1-12-6-3-4-9-16(12)18-23-17(13(2)25-18)11-21-19(24)22-15-8-5-7-14(20)10-15/h3-10H,11H2,1-2H3,(H2,21,22,24). The van der Waals surface area contributed by atoms with Crippen molar-refractivity contribution in [3.05, 3.63) is 70.6 Å². The Morgan fingerprint density at radius 1 is 1.16 bits per heavy atom. The Hall–Kier alpha value is -2.79. The van der Waals surface area contributed by atoms with Crippen molar-refractivity contribution in [1.82, 2.24) is 10.3 Å². The van der Waals surface area contributed by atoms with E-state index in [9.17, 15) is 4.79 Å². The van der Waals surface area contributed by atoms with Crippen LogP contribution in [0.15, 0.2) is 52.9 Å². The Labute approximate surface area is 151 Å². The second kappa shape index (κ2) is 7.40. The number of carbonyl (C=O) groups excluding carboxylic acids is 1. The normalized spacial score (nSPS) is 10.5. The number of halogens is 1. The van der Waals surface area contributed by atoms with E-state index in [0.717, 1.165) is 11.1 Å². The van der Waals surface area contributed by atoms with Crippen LogP contribution in [0.3, 0.4) is 0 Å². The maximum absolute atomic E-state index is 12.0. The number of oxazole rings is 1. The predicted octanol–water partition coefficient (Wildman–Crippen LogP) is 4.93. The van der Waals surface area contributed by atoms with Crippen molar-refractivity contribution >= 4 is 23.3 Å². The van der Waals surface area contributed by atoms with Crippen LogP contribution < -0.4 is 10.6 Å². The van der Waals surface area contributed by atoms with E-state index < -0.39 is 0 Å². The van der Waals surface area contributed by atoms with Gasteiger partial charge in [0.25, 0.3) is 0 Å². The van der Waals surface area contributed by atoms with Crippen LogP contribution in [0.1, 0.15) is 17.0 Å². The molecule has 2 N–H and O–H groups in total. The van der Waals surface area contributed by atoms with Crippen molar-refractivity contribution in [2.75, 3.05) is 5.32 Å². The molecule has 6 heteroatoms. The molecule has 0 radical (unpaired) electrons. The first-order valence-electron chi connectivity index (χ1n) is 7.85. The Kier molecular flexibility index (Phi) is 5.05. The van der Waals surface area contributed by atoms with Crippen molar-refractivity contribution in [3.8, 4) is 11.5 Å². The van der Waals surface area contributed by atoms with Gasteiger partial charge in [-0.2, -0.15) is 0 Å². The van der Waals surface area contributed by atoms with E-state index >= 15 is 0 Å². The molecule has 25 heavy (non-hydrogen) atoms. The Morgan fingerprint density at radius 3 is 2.72 bits per heavy atom. The van der Waals surface area contributed by atoms with Crippen LogP contribution in [0, 0.1) is 13.8 Å². The van der Waals surface area contributed by atoms with E-state index in [0.29, 0.717) is 28.1 Å². The number of hydrogen-bond acceptors (Lipinski definition) is 3. The summed E-state index contributed by atoms with van der Waals surface area (Å²) in [5, 5.41) is 6.06. The maximum Gasteiger partial charge on any atom is 0.319 e. The molecule has 5 nitrogen and oxygen atoms in total. The molecular weight excluding hydrogens is 338 g/mol. The summed E-state index contributed by atoms with van der Waals surface area (Å²) in [5.74, 6) is 1.24. The van der Waals surface area contributed by atoms with E-state index in [2.05, 4.69) is 15.6 Å². The van der Waals surface area contributed by atoms with Crippen molar-refractivity contribution < 1.29 is 9.21 Å². The molecule has 2 aromatic carbocycles. The molecule has 2 amide bonds. The van der Waals surface area contributed by atoms with E-state index in [1.807, 2.05) is 38.1 Å². The molecule has 0 bridgehead atoms. The second-order valence-electron chi connectivity index (χ2n) is 5.65. The van der Waals surface area contributed by atoms with Crippen LogP contribution in [0.2, 0.25) is 5.02 Å². The zero-order valence-electron chi connectivity index (χ0n) is 14.0. The molecule has 0 saturated carbocycles. The van der Waals surface area contributed by atoms with Gasteiger partial charge in [-0.05, 0) is 43.7 Å².